The molecule has 172 valence electrons. The Balaban J connectivity index is 0.00000141. The number of hydrogen-bond donors (Lipinski definition) is 3. The van der Waals surface area contributed by atoms with E-state index in [1.165, 1.54) is 22.9 Å². The van der Waals surface area contributed by atoms with E-state index in [2.05, 4.69) is 25.6 Å². The van der Waals surface area contributed by atoms with E-state index in [-0.39, 0.29) is 29.6 Å². The summed E-state index contributed by atoms with van der Waals surface area (Å²) in [5, 5.41) is 6.27. The summed E-state index contributed by atoms with van der Waals surface area (Å²) in [6.45, 7) is 4.00. The molecule has 0 saturated heterocycles. The van der Waals surface area contributed by atoms with Gasteiger partial charge in [0.1, 0.15) is 11.5 Å². The zero-order valence-corrected chi connectivity index (χ0v) is 17.9. The van der Waals surface area contributed by atoms with Crippen LogP contribution in [0.1, 0.15) is 55.6 Å². The van der Waals surface area contributed by atoms with Crippen molar-refractivity contribution < 1.29 is 18.0 Å². The molecule has 0 aliphatic heterocycles. The van der Waals surface area contributed by atoms with Crippen LogP contribution in [0.25, 0.3) is 5.65 Å². The number of nitrogen functional groups attached to an aromatic ring is 1. The molecule has 1 amide bonds. The van der Waals surface area contributed by atoms with Crippen LogP contribution in [0.4, 0.5) is 24.9 Å². The number of imidazole rings is 1. The van der Waals surface area contributed by atoms with Gasteiger partial charge in [0.25, 0.3) is 5.91 Å². The molecule has 1 aliphatic rings. The van der Waals surface area contributed by atoms with Crippen LogP contribution in [0.5, 0.6) is 0 Å². The second kappa shape index (κ2) is 9.84. The molecule has 4 N–H and O–H groups in total. The molecular weight excluding hydrogens is 423 g/mol. The number of pyridine rings is 1. The van der Waals surface area contributed by atoms with Crippen molar-refractivity contribution in [1.82, 2.24) is 24.7 Å². The van der Waals surface area contributed by atoms with Gasteiger partial charge in [-0.05, 0) is 37.8 Å². The van der Waals surface area contributed by atoms with Gasteiger partial charge in [-0.2, -0.15) is 13.2 Å². The first-order valence-corrected chi connectivity index (χ1v) is 10.5. The van der Waals surface area contributed by atoms with Gasteiger partial charge >= 0.3 is 6.18 Å². The lowest BCUT2D eigenvalue weighted by molar-refractivity contribution is -0.140. The normalized spacial score (nSPS) is 18.5. The second-order valence-corrected chi connectivity index (χ2v) is 7.26. The molecule has 4 rings (SSSR count). The minimum Gasteiger partial charge on any atom is -0.368 e. The Labute approximate surface area is 183 Å². The second-order valence-electron chi connectivity index (χ2n) is 7.26. The minimum atomic E-state index is -4.49. The largest absolute Gasteiger partial charge is 0.434 e. The number of nitrogens with two attached hydrogens (primary N) is 1. The summed E-state index contributed by atoms with van der Waals surface area (Å²) in [7, 11) is 0. The summed E-state index contributed by atoms with van der Waals surface area (Å²) in [6, 6.07) is 5.03. The van der Waals surface area contributed by atoms with E-state index in [9.17, 15) is 18.0 Å². The van der Waals surface area contributed by atoms with Gasteiger partial charge in [-0.1, -0.05) is 19.9 Å². The number of aromatic nitrogens is 4. The molecule has 0 spiro atoms. The van der Waals surface area contributed by atoms with Gasteiger partial charge in [0.2, 0.25) is 5.95 Å². The molecule has 1 saturated carbocycles. The number of halogens is 3. The maximum atomic E-state index is 13.0. The fourth-order valence-corrected chi connectivity index (χ4v) is 3.58. The van der Waals surface area contributed by atoms with Crippen LogP contribution in [0.3, 0.4) is 0 Å². The highest BCUT2D eigenvalue weighted by molar-refractivity contribution is 5.93. The topological polar surface area (TPSA) is 110 Å². The van der Waals surface area contributed by atoms with Crippen LogP contribution in [-0.4, -0.2) is 37.3 Å². The molecule has 1 fully saturated rings. The van der Waals surface area contributed by atoms with Gasteiger partial charge in [0, 0.05) is 30.7 Å². The van der Waals surface area contributed by atoms with Gasteiger partial charge in [-0.15, -0.1) is 0 Å². The van der Waals surface area contributed by atoms with Crippen LogP contribution in [-0.2, 0) is 6.18 Å². The highest BCUT2D eigenvalue weighted by atomic mass is 19.4. The van der Waals surface area contributed by atoms with E-state index < -0.39 is 11.9 Å². The number of nitrogens with zero attached hydrogens (tertiary/aromatic N) is 4. The molecule has 0 atom stereocenters. The van der Waals surface area contributed by atoms with E-state index in [0.717, 1.165) is 31.9 Å². The van der Waals surface area contributed by atoms with E-state index in [4.69, 9.17) is 5.73 Å². The Morgan fingerprint density at radius 3 is 2.34 bits per heavy atom. The molecule has 3 aromatic heterocycles. The molecule has 3 heterocycles. The molecule has 0 radical (unpaired) electrons. The maximum Gasteiger partial charge on any atom is 0.434 e. The molecular formula is C21H26F3N7O. The molecule has 0 bridgehead atoms. The molecule has 0 unspecified atom stereocenters. The molecule has 8 nitrogen and oxygen atoms in total. The third kappa shape index (κ3) is 5.45. The van der Waals surface area contributed by atoms with Crippen molar-refractivity contribution in [2.75, 3.05) is 11.1 Å². The van der Waals surface area contributed by atoms with Crippen molar-refractivity contribution in [3.8, 4) is 0 Å². The first kappa shape index (κ1) is 23.3. The first-order chi connectivity index (χ1) is 15.3. The predicted octanol–water partition coefficient (Wildman–Crippen LogP) is 3.90. The molecule has 3 aromatic rings. The molecule has 0 aromatic carbocycles. The van der Waals surface area contributed by atoms with Crippen molar-refractivity contribution in [2.24, 2.45) is 0 Å². The van der Waals surface area contributed by atoms with Crippen molar-refractivity contribution in [3.63, 3.8) is 0 Å². The first-order valence-electron chi connectivity index (χ1n) is 10.5. The standard InChI is InChI=1S/C19H20F3N7O.C2H6/c20-19(21,22)14-10-29-15(2-1-3-16(29)28-14)26-12-4-6-13(7-5-12)27-17(30)11-8-24-18(23)25-9-11;1-2/h1-3,8-10,12-13,26H,4-7H2,(H,27,30)(H2,23,24,25);1-2H3. The highest BCUT2D eigenvalue weighted by Gasteiger charge is 2.34. The average molecular weight is 449 g/mol. The van der Waals surface area contributed by atoms with Gasteiger partial charge in [-0.3, -0.25) is 9.20 Å². The number of amides is 1. The number of carbonyl (C=O) groups is 1. The number of rotatable bonds is 4. The zero-order chi connectivity index (χ0) is 23.3. The van der Waals surface area contributed by atoms with Crippen molar-refractivity contribution in [2.45, 2.75) is 57.8 Å². The Bertz CT molecular complexity index is 1040. The lowest BCUT2D eigenvalue weighted by atomic mass is 9.91. The fourth-order valence-electron chi connectivity index (χ4n) is 3.58. The third-order valence-electron chi connectivity index (χ3n) is 5.13. The molecule has 32 heavy (non-hydrogen) atoms. The number of alkyl halides is 3. The lowest BCUT2D eigenvalue weighted by Gasteiger charge is -2.30. The smallest absolute Gasteiger partial charge is 0.368 e. The van der Waals surface area contributed by atoms with Gasteiger partial charge < -0.3 is 16.4 Å². The summed E-state index contributed by atoms with van der Waals surface area (Å²) < 4.78 is 40.3. The van der Waals surface area contributed by atoms with E-state index in [1.54, 1.807) is 12.1 Å². The van der Waals surface area contributed by atoms with Gasteiger partial charge in [-0.25, -0.2) is 15.0 Å². The predicted molar refractivity (Wildman–Crippen MR) is 115 cm³/mol. The monoisotopic (exact) mass is 449 g/mol. The number of fused-ring (bicyclic) bond motifs is 1. The Morgan fingerprint density at radius 1 is 1.09 bits per heavy atom. The van der Waals surface area contributed by atoms with Crippen LogP contribution >= 0.6 is 0 Å². The Hall–Kier alpha value is -3.37. The quantitative estimate of drug-likeness (QED) is 0.557. The average Bonchev–Trinajstić information content (AvgIpc) is 3.23. The van der Waals surface area contributed by atoms with Crippen LogP contribution in [0, 0.1) is 0 Å². The molecule has 11 heteroatoms. The van der Waals surface area contributed by atoms with Crippen molar-refractivity contribution in [1.29, 1.82) is 0 Å². The van der Waals surface area contributed by atoms with E-state index >= 15 is 0 Å². The third-order valence-corrected chi connectivity index (χ3v) is 5.13. The lowest BCUT2D eigenvalue weighted by Crippen LogP contribution is -2.40. The Morgan fingerprint density at radius 2 is 1.72 bits per heavy atom. The summed E-state index contributed by atoms with van der Waals surface area (Å²) in [4.78, 5) is 23.5. The Kier molecular flexibility index (Phi) is 7.16. The van der Waals surface area contributed by atoms with Crippen molar-refractivity contribution in [3.05, 3.63) is 48.0 Å². The van der Waals surface area contributed by atoms with Crippen LogP contribution in [0.15, 0.2) is 36.8 Å². The number of anilines is 2. The summed E-state index contributed by atoms with van der Waals surface area (Å²) in [5.74, 6) is 0.407. The number of hydrogen-bond acceptors (Lipinski definition) is 6. The number of nitrogens with one attached hydrogen (secondary N) is 2. The van der Waals surface area contributed by atoms with Gasteiger partial charge in [0.05, 0.1) is 5.56 Å². The van der Waals surface area contributed by atoms with Gasteiger partial charge in [0.15, 0.2) is 5.69 Å². The maximum absolute atomic E-state index is 13.0. The van der Waals surface area contributed by atoms with E-state index in [0.29, 0.717) is 11.4 Å². The summed E-state index contributed by atoms with van der Waals surface area (Å²) >= 11 is 0. The SMILES string of the molecule is CC.Nc1ncc(C(=O)NC2CCC(Nc3cccc4nc(C(F)(F)F)cn34)CC2)cn1. The zero-order valence-electron chi connectivity index (χ0n) is 17.9. The minimum absolute atomic E-state index is 0.00831. The number of carbonyl (C=O) groups excluding carboxylic acids is 1. The summed E-state index contributed by atoms with van der Waals surface area (Å²) in [6.07, 6.45) is 2.28. The highest BCUT2D eigenvalue weighted by Crippen LogP contribution is 2.30. The fraction of sp³-hybridized carbons (Fsp3) is 0.429. The summed E-state index contributed by atoms with van der Waals surface area (Å²) in [5.41, 5.74) is 5.08. The molecule has 1 aliphatic carbocycles. The van der Waals surface area contributed by atoms with Crippen molar-refractivity contribution >= 4 is 23.3 Å². The van der Waals surface area contributed by atoms with E-state index in [1.807, 2.05) is 13.8 Å². The van der Waals surface area contributed by atoms with Crippen LogP contribution < -0.4 is 16.4 Å². The van der Waals surface area contributed by atoms with Crippen LogP contribution in [0.2, 0.25) is 0 Å².